The van der Waals surface area contributed by atoms with E-state index in [0.717, 1.165) is 5.82 Å². The topological polar surface area (TPSA) is 54.8 Å². The zero-order chi connectivity index (χ0) is 8.97. The van der Waals surface area contributed by atoms with Gasteiger partial charge in [-0.05, 0) is 12.2 Å². The molecule has 0 amide bonds. The molecule has 2 N–H and O–H groups in total. The molecule has 0 aliphatic heterocycles. The molecule has 6 heteroatoms. The number of nitrogens with zero attached hydrogens (tertiary/aromatic N) is 3. The predicted molar refractivity (Wildman–Crippen MR) is 49.5 cm³/mol. The van der Waals surface area contributed by atoms with Crippen LogP contribution >= 0.6 is 12.2 Å². The van der Waals surface area contributed by atoms with Gasteiger partial charge >= 0.3 is 0 Å². The highest BCUT2D eigenvalue weighted by Gasteiger charge is 1.99. The molecule has 0 aliphatic carbocycles. The van der Waals surface area contributed by atoms with Crippen molar-refractivity contribution >= 4 is 17.3 Å². The van der Waals surface area contributed by atoms with E-state index in [0.29, 0.717) is 11.7 Å². The Kier molecular flexibility index (Phi) is 2.98. The van der Waals surface area contributed by atoms with Crippen LogP contribution in [0.25, 0.3) is 0 Å². The van der Waals surface area contributed by atoms with Crippen molar-refractivity contribution in [2.75, 3.05) is 7.05 Å². The molecule has 0 aromatic carbocycles. The van der Waals surface area contributed by atoms with E-state index in [9.17, 15) is 0 Å². The van der Waals surface area contributed by atoms with Crippen LogP contribution in [-0.2, 0) is 13.6 Å². The summed E-state index contributed by atoms with van der Waals surface area (Å²) < 4.78 is 1.84. The van der Waals surface area contributed by atoms with Crippen LogP contribution in [-0.4, -0.2) is 26.9 Å². The second-order valence-electron chi connectivity index (χ2n) is 2.29. The maximum atomic E-state index is 4.89. The van der Waals surface area contributed by atoms with Gasteiger partial charge in [0.25, 0.3) is 0 Å². The number of aryl methyl sites for hydroxylation is 1. The predicted octanol–water partition coefficient (Wildman–Crippen LogP) is -0.591. The van der Waals surface area contributed by atoms with Gasteiger partial charge in [-0.2, -0.15) is 0 Å². The van der Waals surface area contributed by atoms with Gasteiger partial charge in [-0.25, -0.2) is 0 Å². The van der Waals surface area contributed by atoms with Gasteiger partial charge in [-0.3, -0.25) is 0 Å². The van der Waals surface area contributed by atoms with Gasteiger partial charge < -0.3 is 15.2 Å². The maximum Gasteiger partial charge on any atom is 0.166 e. The van der Waals surface area contributed by atoms with Crippen LogP contribution in [0.15, 0.2) is 6.33 Å². The van der Waals surface area contributed by atoms with Crippen molar-refractivity contribution in [2.45, 2.75) is 6.54 Å². The van der Waals surface area contributed by atoms with E-state index in [-0.39, 0.29) is 0 Å². The summed E-state index contributed by atoms with van der Waals surface area (Å²) in [5.41, 5.74) is 0. The zero-order valence-corrected chi connectivity index (χ0v) is 7.85. The first-order chi connectivity index (χ1) is 5.74. The highest BCUT2D eigenvalue weighted by Crippen LogP contribution is 1.88. The van der Waals surface area contributed by atoms with Gasteiger partial charge in [0, 0.05) is 14.1 Å². The summed E-state index contributed by atoms with van der Waals surface area (Å²) in [5, 5.41) is 14.0. The molecule has 0 saturated heterocycles. The lowest BCUT2D eigenvalue weighted by molar-refractivity contribution is 0.744. The number of hydrogen-bond donors (Lipinski definition) is 2. The SMILES string of the molecule is CNC(=S)NCc1nncn1C. The van der Waals surface area contributed by atoms with Crippen molar-refractivity contribution in [3.8, 4) is 0 Å². The first-order valence-electron chi connectivity index (χ1n) is 3.52. The standard InChI is InChI=1S/C6H11N5S/c1-7-6(12)8-3-5-10-9-4-11(5)2/h4H,3H2,1-2H3,(H2,7,8,12). The van der Waals surface area contributed by atoms with Crippen LogP contribution in [0.4, 0.5) is 0 Å². The van der Waals surface area contributed by atoms with Crippen molar-refractivity contribution in [3.63, 3.8) is 0 Å². The van der Waals surface area contributed by atoms with E-state index in [1.165, 1.54) is 0 Å². The lowest BCUT2D eigenvalue weighted by atomic mass is 10.6. The number of nitrogens with one attached hydrogen (secondary N) is 2. The molecule has 5 nitrogen and oxygen atoms in total. The number of aromatic nitrogens is 3. The molecule has 0 unspecified atom stereocenters. The van der Waals surface area contributed by atoms with E-state index in [2.05, 4.69) is 20.8 Å². The Hall–Kier alpha value is -1.17. The Labute approximate surface area is 76.2 Å². The fourth-order valence-electron chi connectivity index (χ4n) is 0.715. The van der Waals surface area contributed by atoms with Crippen molar-refractivity contribution < 1.29 is 0 Å². The minimum absolute atomic E-state index is 0.593. The second kappa shape index (κ2) is 4.01. The first-order valence-corrected chi connectivity index (χ1v) is 3.93. The molecule has 12 heavy (non-hydrogen) atoms. The monoisotopic (exact) mass is 185 g/mol. The Morgan fingerprint density at radius 1 is 1.75 bits per heavy atom. The Morgan fingerprint density at radius 2 is 2.50 bits per heavy atom. The molecule has 0 aliphatic rings. The van der Waals surface area contributed by atoms with Crippen LogP contribution in [0.5, 0.6) is 0 Å². The first kappa shape index (κ1) is 8.92. The number of hydrogen-bond acceptors (Lipinski definition) is 3. The minimum atomic E-state index is 0.593. The van der Waals surface area contributed by atoms with Gasteiger partial charge in [-0.15, -0.1) is 10.2 Å². The molecule has 0 fully saturated rings. The lowest BCUT2D eigenvalue weighted by Crippen LogP contribution is -2.32. The number of thiocarbonyl (C=S) groups is 1. The molecular formula is C6H11N5S. The average Bonchev–Trinajstić information content (AvgIpc) is 2.47. The quantitative estimate of drug-likeness (QED) is 0.603. The van der Waals surface area contributed by atoms with E-state index in [1.807, 2.05) is 11.6 Å². The summed E-state index contributed by atoms with van der Waals surface area (Å²) >= 11 is 4.89. The Balaban J connectivity index is 2.43. The van der Waals surface area contributed by atoms with Crippen molar-refractivity contribution in [2.24, 2.45) is 7.05 Å². The van der Waals surface area contributed by atoms with Gasteiger partial charge in [0.1, 0.15) is 6.33 Å². The molecule has 0 bridgehead atoms. The normalized spacial score (nSPS) is 9.50. The van der Waals surface area contributed by atoms with Gasteiger partial charge in [0.15, 0.2) is 10.9 Å². The number of rotatable bonds is 2. The highest BCUT2D eigenvalue weighted by atomic mass is 32.1. The summed E-state index contributed by atoms with van der Waals surface area (Å²) in [4.78, 5) is 0. The molecule has 0 atom stereocenters. The van der Waals surface area contributed by atoms with Gasteiger partial charge in [0.05, 0.1) is 6.54 Å². The smallest absolute Gasteiger partial charge is 0.166 e. The summed E-state index contributed by atoms with van der Waals surface area (Å²) in [6, 6.07) is 0. The Bertz CT molecular complexity index is 269. The molecule has 0 spiro atoms. The third-order valence-electron chi connectivity index (χ3n) is 1.44. The van der Waals surface area contributed by atoms with Crippen LogP contribution in [0, 0.1) is 0 Å². The van der Waals surface area contributed by atoms with E-state index in [1.54, 1.807) is 13.4 Å². The third kappa shape index (κ3) is 2.16. The summed E-state index contributed by atoms with van der Waals surface area (Å²) in [7, 11) is 3.66. The summed E-state index contributed by atoms with van der Waals surface area (Å²) in [6.07, 6.45) is 1.65. The Morgan fingerprint density at radius 3 is 3.00 bits per heavy atom. The van der Waals surface area contributed by atoms with Crippen molar-refractivity contribution in [3.05, 3.63) is 12.2 Å². The van der Waals surface area contributed by atoms with E-state index < -0.39 is 0 Å². The van der Waals surface area contributed by atoms with Crippen molar-refractivity contribution in [1.82, 2.24) is 25.4 Å². The fourth-order valence-corrected chi connectivity index (χ4v) is 0.787. The molecule has 1 rings (SSSR count). The van der Waals surface area contributed by atoms with Crippen LogP contribution in [0.1, 0.15) is 5.82 Å². The molecule has 1 aromatic rings. The molecule has 1 heterocycles. The fraction of sp³-hybridized carbons (Fsp3) is 0.500. The largest absolute Gasteiger partial charge is 0.366 e. The maximum absolute atomic E-state index is 4.89. The van der Waals surface area contributed by atoms with Gasteiger partial charge in [-0.1, -0.05) is 0 Å². The zero-order valence-electron chi connectivity index (χ0n) is 7.03. The summed E-state index contributed by atoms with van der Waals surface area (Å²) in [6.45, 7) is 0.593. The van der Waals surface area contributed by atoms with Gasteiger partial charge in [0.2, 0.25) is 0 Å². The van der Waals surface area contributed by atoms with Crippen LogP contribution < -0.4 is 10.6 Å². The molecule has 0 radical (unpaired) electrons. The average molecular weight is 185 g/mol. The van der Waals surface area contributed by atoms with E-state index >= 15 is 0 Å². The molecular weight excluding hydrogens is 174 g/mol. The minimum Gasteiger partial charge on any atom is -0.366 e. The molecule has 66 valence electrons. The second-order valence-corrected chi connectivity index (χ2v) is 2.70. The third-order valence-corrected chi connectivity index (χ3v) is 1.79. The van der Waals surface area contributed by atoms with Crippen molar-refractivity contribution in [1.29, 1.82) is 0 Å². The lowest BCUT2D eigenvalue weighted by Gasteiger charge is -2.05. The van der Waals surface area contributed by atoms with E-state index in [4.69, 9.17) is 12.2 Å². The van der Waals surface area contributed by atoms with Crippen LogP contribution in [0.2, 0.25) is 0 Å². The highest BCUT2D eigenvalue weighted by molar-refractivity contribution is 7.80. The molecule has 0 saturated carbocycles. The molecule has 1 aromatic heterocycles. The summed E-state index contributed by atoms with van der Waals surface area (Å²) in [5.74, 6) is 0.854. The van der Waals surface area contributed by atoms with Crippen LogP contribution in [0.3, 0.4) is 0 Å².